The molecule has 21 heavy (non-hydrogen) atoms. The van der Waals surface area contributed by atoms with Gasteiger partial charge in [0.15, 0.2) is 0 Å². The first kappa shape index (κ1) is 14.6. The van der Waals surface area contributed by atoms with Gasteiger partial charge in [0.25, 0.3) is 0 Å². The van der Waals surface area contributed by atoms with E-state index in [0.29, 0.717) is 36.7 Å². The fraction of sp³-hybridized carbons (Fsp3) is 0.462. The zero-order valence-corrected chi connectivity index (χ0v) is 13.1. The topological polar surface area (TPSA) is 75.3 Å². The minimum atomic E-state index is -3.11. The summed E-state index contributed by atoms with van der Waals surface area (Å²) >= 11 is 6.07. The first-order valence-corrected chi connectivity index (χ1v) is 8.90. The number of rotatable bonds is 3. The Morgan fingerprint density at radius 1 is 1.38 bits per heavy atom. The van der Waals surface area contributed by atoms with Gasteiger partial charge in [0, 0.05) is 18.1 Å². The van der Waals surface area contributed by atoms with Crippen LogP contribution in [0.2, 0.25) is 5.02 Å². The van der Waals surface area contributed by atoms with Crippen molar-refractivity contribution < 1.29 is 13.2 Å². The second-order valence-corrected chi connectivity index (χ2v) is 7.63. The molecule has 0 amide bonds. The first-order chi connectivity index (χ1) is 9.93. The van der Waals surface area contributed by atoms with Gasteiger partial charge in [0.2, 0.25) is 10.0 Å². The SMILES string of the molecule is CS(=O)(=O)N1CCC(Oc2cc(Cl)cc3[nH]ncc23)CC1. The molecule has 0 spiro atoms. The van der Waals surface area contributed by atoms with Crippen LogP contribution in [0.15, 0.2) is 18.3 Å². The molecule has 3 rings (SSSR count). The van der Waals surface area contributed by atoms with Crippen molar-refractivity contribution in [3.05, 3.63) is 23.4 Å². The van der Waals surface area contributed by atoms with Gasteiger partial charge in [-0.3, -0.25) is 5.10 Å². The normalized spacial score (nSPS) is 18.2. The Bertz CT molecular complexity index is 751. The molecule has 6 nitrogen and oxygen atoms in total. The zero-order chi connectivity index (χ0) is 15.0. The highest BCUT2D eigenvalue weighted by Crippen LogP contribution is 2.30. The van der Waals surface area contributed by atoms with Gasteiger partial charge < -0.3 is 4.74 Å². The van der Waals surface area contributed by atoms with Crippen molar-refractivity contribution >= 4 is 32.5 Å². The van der Waals surface area contributed by atoms with Crippen LogP contribution in [-0.2, 0) is 10.0 Å². The Kier molecular flexibility index (Phi) is 3.81. The lowest BCUT2D eigenvalue weighted by Gasteiger charge is -2.30. The summed E-state index contributed by atoms with van der Waals surface area (Å²) in [6, 6.07) is 3.56. The molecule has 1 aliphatic heterocycles. The van der Waals surface area contributed by atoms with E-state index < -0.39 is 10.0 Å². The summed E-state index contributed by atoms with van der Waals surface area (Å²) in [4.78, 5) is 0. The number of H-pyrrole nitrogens is 1. The second-order valence-electron chi connectivity index (χ2n) is 5.21. The van der Waals surface area contributed by atoms with E-state index in [0.717, 1.165) is 10.9 Å². The molecule has 114 valence electrons. The Morgan fingerprint density at radius 3 is 2.76 bits per heavy atom. The molecule has 0 unspecified atom stereocenters. The number of aromatic amines is 1. The summed E-state index contributed by atoms with van der Waals surface area (Å²) in [6.45, 7) is 0.969. The summed E-state index contributed by atoms with van der Waals surface area (Å²) in [5.41, 5.74) is 0.825. The van der Waals surface area contributed by atoms with E-state index >= 15 is 0 Å². The van der Waals surface area contributed by atoms with Gasteiger partial charge in [0.05, 0.1) is 23.4 Å². The van der Waals surface area contributed by atoms with Crippen molar-refractivity contribution in [3.63, 3.8) is 0 Å². The summed E-state index contributed by atoms with van der Waals surface area (Å²) in [7, 11) is -3.11. The molecule has 1 saturated heterocycles. The number of piperidine rings is 1. The Labute approximate surface area is 128 Å². The van der Waals surface area contributed by atoms with Crippen LogP contribution in [-0.4, -0.2) is 48.4 Å². The minimum Gasteiger partial charge on any atom is -0.490 e. The van der Waals surface area contributed by atoms with Crippen LogP contribution in [0.1, 0.15) is 12.8 Å². The number of ether oxygens (including phenoxy) is 1. The van der Waals surface area contributed by atoms with E-state index in [9.17, 15) is 8.42 Å². The van der Waals surface area contributed by atoms with Crippen molar-refractivity contribution in [1.82, 2.24) is 14.5 Å². The third-order valence-electron chi connectivity index (χ3n) is 3.65. The van der Waals surface area contributed by atoms with E-state index in [1.54, 1.807) is 18.3 Å². The van der Waals surface area contributed by atoms with Crippen LogP contribution in [0.4, 0.5) is 0 Å². The molecule has 0 aliphatic carbocycles. The Hall–Kier alpha value is -1.31. The number of benzene rings is 1. The van der Waals surface area contributed by atoms with E-state index in [1.165, 1.54) is 10.6 Å². The Morgan fingerprint density at radius 2 is 2.10 bits per heavy atom. The minimum absolute atomic E-state index is 0.0143. The number of nitrogens with one attached hydrogen (secondary N) is 1. The first-order valence-electron chi connectivity index (χ1n) is 6.68. The fourth-order valence-corrected chi connectivity index (χ4v) is 3.63. The summed E-state index contributed by atoms with van der Waals surface area (Å²) in [6.07, 6.45) is 4.25. The quantitative estimate of drug-likeness (QED) is 0.934. The highest BCUT2D eigenvalue weighted by Gasteiger charge is 2.26. The third-order valence-corrected chi connectivity index (χ3v) is 5.17. The third kappa shape index (κ3) is 3.14. The van der Waals surface area contributed by atoms with E-state index in [-0.39, 0.29) is 6.10 Å². The van der Waals surface area contributed by atoms with Crippen molar-refractivity contribution in [3.8, 4) is 5.75 Å². The maximum atomic E-state index is 11.5. The largest absolute Gasteiger partial charge is 0.490 e. The lowest BCUT2D eigenvalue weighted by Crippen LogP contribution is -2.41. The molecular formula is C13H16ClN3O3S. The molecule has 0 saturated carbocycles. The second kappa shape index (κ2) is 5.47. The van der Waals surface area contributed by atoms with E-state index in [4.69, 9.17) is 16.3 Å². The maximum Gasteiger partial charge on any atom is 0.211 e. The molecular weight excluding hydrogens is 314 g/mol. The molecule has 2 heterocycles. The predicted octanol–water partition coefficient (Wildman–Crippen LogP) is 2.02. The number of fused-ring (bicyclic) bond motifs is 1. The average Bonchev–Trinajstić information content (AvgIpc) is 2.86. The van der Waals surface area contributed by atoms with Crippen LogP contribution >= 0.6 is 11.6 Å². The highest BCUT2D eigenvalue weighted by molar-refractivity contribution is 7.88. The van der Waals surface area contributed by atoms with E-state index in [1.807, 2.05) is 0 Å². The van der Waals surface area contributed by atoms with Gasteiger partial charge in [-0.25, -0.2) is 12.7 Å². The standard InChI is InChI=1S/C13H16ClN3O3S/c1-21(18,19)17-4-2-10(3-5-17)20-13-7-9(14)6-12-11(13)8-15-16-12/h6-8,10H,2-5H2,1H3,(H,15,16). The van der Waals surface area contributed by atoms with Crippen molar-refractivity contribution in [1.29, 1.82) is 0 Å². The number of aromatic nitrogens is 2. The molecule has 0 radical (unpaired) electrons. The van der Waals surface area contributed by atoms with Gasteiger partial charge in [-0.2, -0.15) is 5.10 Å². The molecule has 1 aliphatic rings. The summed E-state index contributed by atoms with van der Waals surface area (Å²) in [5.74, 6) is 0.684. The van der Waals surface area contributed by atoms with Gasteiger partial charge in [0.1, 0.15) is 11.9 Å². The molecule has 0 atom stereocenters. The number of sulfonamides is 1. The van der Waals surface area contributed by atoms with Crippen molar-refractivity contribution in [2.24, 2.45) is 0 Å². The molecule has 8 heteroatoms. The van der Waals surface area contributed by atoms with Crippen LogP contribution in [0.5, 0.6) is 5.75 Å². The predicted molar refractivity (Wildman–Crippen MR) is 81.2 cm³/mol. The molecule has 2 aromatic rings. The van der Waals surface area contributed by atoms with Gasteiger partial charge in [-0.05, 0) is 25.0 Å². The maximum absolute atomic E-state index is 11.5. The van der Waals surface area contributed by atoms with Crippen molar-refractivity contribution in [2.75, 3.05) is 19.3 Å². The summed E-state index contributed by atoms with van der Waals surface area (Å²) < 4.78 is 30.5. The van der Waals surface area contributed by atoms with Crippen molar-refractivity contribution in [2.45, 2.75) is 18.9 Å². The fourth-order valence-electron chi connectivity index (χ4n) is 2.54. The summed E-state index contributed by atoms with van der Waals surface area (Å²) in [5, 5.41) is 8.31. The molecule has 1 aromatic heterocycles. The lowest BCUT2D eigenvalue weighted by molar-refractivity contribution is 0.137. The lowest BCUT2D eigenvalue weighted by atomic mass is 10.1. The van der Waals surface area contributed by atoms with Crippen LogP contribution in [0.25, 0.3) is 10.9 Å². The van der Waals surface area contributed by atoms with Crippen LogP contribution in [0, 0.1) is 0 Å². The number of hydrogen-bond donors (Lipinski definition) is 1. The zero-order valence-electron chi connectivity index (χ0n) is 11.5. The van der Waals surface area contributed by atoms with Crippen LogP contribution in [0.3, 0.4) is 0 Å². The number of hydrogen-bond acceptors (Lipinski definition) is 4. The smallest absolute Gasteiger partial charge is 0.211 e. The van der Waals surface area contributed by atoms with Crippen LogP contribution < -0.4 is 4.74 Å². The Balaban J connectivity index is 1.74. The van der Waals surface area contributed by atoms with Gasteiger partial charge in [-0.1, -0.05) is 11.6 Å². The molecule has 1 fully saturated rings. The highest BCUT2D eigenvalue weighted by atomic mass is 35.5. The molecule has 0 bridgehead atoms. The monoisotopic (exact) mass is 329 g/mol. The van der Waals surface area contributed by atoms with Gasteiger partial charge in [-0.15, -0.1) is 0 Å². The number of nitrogens with zero attached hydrogens (tertiary/aromatic N) is 2. The number of halogens is 1. The molecule has 1 aromatic carbocycles. The van der Waals surface area contributed by atoms with Gasteiger partial charge >= 0.3 is 0 Å². The van der Waals surface area contributed by atoms with E-state index in [2.05, 4.69) is 10.2 Å². The molecule has 1 N–H and O–H groups in total. The average molecular weight is 330 g/mol.